The fourth-order valence-corrected chi connectivity index (χ4v) is 5.56. The Morgan fingerprint density at radius 2 is 1.82 bits per heavy atom. The Balaban J connectivity index is 1.59. The van der Waals surface area contributed by atoms with Gasteiger partial charge in [-0.25, -0.2) is 4.79 Å². The predicted molar refractivity (Wildman–Crippen MR) is 130 cm³/mol. The minimum absolute atomic E-state index is 0.00922. The van der Waals surface area contributed by atoms with E-state index in [9.17, 15) is 35.1 Å². The highest BCUT2D eigenvalue weighted by Crippen LogP contribution is 2.49. The molecular weight excluding hydrogens is 504 g/mol. The summed E-state index contributed by atoms with van der Waals surface area (Å²) in [6.07, 6.45) is -4.16. The molecule has 38 heavy (non-hydrogen) atoms. The Bertz CT molecular complexity index is 844. The van der Waals surface area contributed by atoms with Crippen LogP contribution in [0.1, 0.15) is 59.3 Å². The first-order chi connectivity index (χ1) is 17.9. The van der Waals surface area contributed by atoms with Gasteiger partial charge in [0.05, 0.1) is 29.3 Å². The van der Waals surface area contributed by atoms with E-state index in [4.69, 9.17) is 24.1 Å². The van der Waals surface area contributed by atoms with Crippen LogP contribution in [0, 0.1) is 23.7 Å². The number of ether oxygens (including phenoxy) is 4. The van der Waals surface area contributed by atoms with Crippen molar-refractivity contribution >= 4 is 11.9 Å². The van der Waals surface area contributed by atoms with Crippen molar-refractivity contribution in [2.24, 2.45) is 23.7 Å². The summed E-state index contributed by atoms with van der Waals surface area (Å²) in [5.41, 5.74) is -1.31. The number of aliphatic hydroxyl groups is 5. The number of carbonyl (C=O) groups excluding carboxylic acids is 1. The fraction of sp³-hybridized carbons (Fsp3) is 0.846. The molecular formula is C26H42O12. The molecule has 1 saturated carbocycles. The first-order valence-corrected chi connectivity index (χ1v) is 13.3. The van der Waals surface area contributed by atoms with Gasteiger partial charge >= 0.3 is 11.9 Å². The topological polar surface area (TPSA) is 192 Å². The SMILES string of the molecule is CC(CCO)CCCC(C)C(=O)OC[C@H]1O[C@@H](O[C@@H]2OC=C(C(=O)O)C3CC[C@](C)(O)C32)[C@H](O)[C@@H](O)[C@@H]1O. The van der Waals surface area contributed by atoms with Gasteiger partial charge in [0.2, 0.25) is 6.29 Å². The zero-order chi connectivity index (χ0) is 28.2. The van der Waals surface area contributed by atoms with Crippen molar-refractivity contribution in [3.8, 4) is 0 Å². The van der Waals surface area contributed by atoms with E-state index in [0.29, 0.717) is 31.6 Å². The van der Waals surface area contributed by atoms with Crippen molar-refractivity contribution in [1.82, 2.24) is 0 Å². The summed E-state index contributed by atoms with van der Waals surface area (Å²) in [5.74, 6) is -3.06. The zero-order valence-electron chi connectivity index (χ0n) is 22.1. The third-order valence-electron chi connectivity index (χ3n) is 8.07. The summed E-state index contributed by atoms with van der Waals surface area (Å²) in [6, 6.07) is 0. The first-order valence-electron chi connectivity index (χ1n) is 13.3. The van der Waals surface area contributed by atoms with Crippen molar-refractivity contribution in [1.29, 1.82) is 0 Å². The molecule has 3 aliphatic rings. The second kappa shape index (κ2) is 13.0. The molecule has 2 heterocycles. The summed E-state index contributed by atoms with van der Waals surface area (Å²) in [7, 11) is 0. The summed E-state index contributed by atoms with van der Waals surface area (Å²) < 4.78 is 22.3. The van der Waals surface area contributed by atoms with Crippen LogP contribution in [-0.2, 0) is 28.5 Å². The van der Waals surface area contributed by atoms with Crippen LogP contribution in [0.5, 0.6) is 0 Å². The van der Waals surface area contributed by atoms with Crippen LogP contribution in [0.25, 0.3) is 0 Å². The number of hydrogen-bond donors (Lipinski definition) is 6. The van der Waals surface area contributed by atoms with Crippen LogP contribution in [0.2, 0.25) is 0 Å². The van der Waals surface area contributed by atoms with E-state index < -0.39 is 78.9 Å². The Morgan fingerprint density at radius 1 is 1.11 bits per heavy atom. The molecule has 4 unspecified atom stereocenters. The Hall–Kier alpha value is -1.80. The maximum atomic E-state index is 12.5. The van der Waals surface area contributed by atoms with E-state index in [2.05, 4.69) is 0 Å². The second-order valence-corrected chi connectivity index (χ2v) is 11.1. The Kier molecular flexibility index (Phi) is 10.5. The monoisotopic (exact) mass is 546 g/mol. The number of fused-ring (bicyclic) bond motifs is 1. The highest BCUT2D eigenvalue weighted by Gasteiger charge is 2.56. The van der Waals surface area contributed by atoms with Gasteiger partial charge in [-0.15, -0.1) is 0 Å². The lowest BCUT2D eigenvalue weighted by Crippen LogP contribution is -2.61. The van der Waals surface area contributed by atoms with Crippen molar-refractivity contribution in [2.75, 3.05) is 13.2 Å². The number of hydrogen-bond acceptors (Lipinski definition) is 11. The summed E-state index contributed by atoms with van der Waals surface area (Å²) >= 11 is 0. The van der Waals surface area contributed by atoms with E-state index in [1.807, 2.05) is 6.92 Å². The molecule has 11 atom stereocenters. The van der Waals surface area contributed by atoms with Crippen LogP contribution < -0.4 is 0 Å². The number of carboxylic acids is 1. The fourth-order valence-electron chi connectivity index (χ4n) is 5.56. The van der Waals surface area contributed by atoms with Crippen LogP contribution in [0.4, 0.5) is 0 Å². The van der Waals surface area contributed by atoms with Crippen LogP contribution in [0.3, 0.4) is 0 Å². The second-order valence-electron chi connectivity index (χ2n) is 11.1. The van der Waals surface area contributed by atoms with Gasteiger partial charge in [0, 0.05) is 12.5 Å². The predicted octanol–water partition coefficient (Wildman–Crippen LogP) is 0.281. The molecule has 0 aromatic heterocycles. The largest absolute Gasteiger partial charge is 0.478 e. The van der Waals surface area contributed by atoms with Gasteiger partial charge in [0.1, 0.15) is 31.0 Å². The average Bonchev–Trinajstić information content (AvgIpc) is 3.18. The van der Waals surface area contributed by atoms with Gasteiger partial charge in [0.25, 0.3) is 0 Å². The standard InChI is InChI=1S/C26H42O12/c1-13(8-10-27)5-4-6-14(2)23(33)35-12-17-19(28)20(29)21(30)25(37-17)38-24-18-15(7-9-26(18,3)34)16(11-36-24)22(31)32/h11,13-15,17-21,24-25,27-30,34H,4-10,12H2,1-3H3,(H,31,32)/t13?,14?,15?,17-,18?,19-,20+,21-,24+,25+,26+/m1/s1. The molecule has 2 aliphatic heterocycles. The van der Waals surface area contributed by atoms with Crippen molar-refractivity contribution in [3.63, 3.8) is 0 Å². The molecule has 3 rings (SSSR count). The van der Waals surface area contributed by atoms with E-state index >= 15 is 0 Å². The molecule has 12 heteroatoms. The molecule has 218 valence electrons. The summed E-state index contributed by atoms with van der Waals surface area (Å²) in [4.78, 5) is 24.1. The Morgan fingerprint density at radius 3 is 2.47 bits per heavy atom. The lowest BCUT2D eigenvalue weighted by atomic mass is 9.81. The minimum atomic E-state index is -1.69. The highest BCUT2D eigenvalue weighted by atomic mass is 16.8. The van der Waals surface area contributed by atoms with Gasteiger partial charge in [-0.2, -0.15) is 0 Å². The highest BCUT2D eigenvalue weighted by molar-refractivity contribution is 5.87. The van der Waals surface area contributed by atoms with E-state index in [0.717, 1.165) is 19.1 Å². The van der Waals surface area contributed by atoms with Crippen LogP contribution in [0.15, 0.2) is 11.8 Å². The van der Waals surface area contributed by atoms with Crippen molar-refractivity contribution in [3.05, 3.63) is 11.8 Å². The van der Waals surface area contributed by atoms with Gasteiger partial charge in [-0.05, 0) is 38.5 Å². The number of carboxylic acid groups (broad SMARTS) is 1. The molecule has 0 aromatic rings. The molecule has 0 amide bonds. The van der Waals surface area contributed by atoms with Gasteiger partial charge in [-0.3, -0.25) is 4.79 Å². The molecule has 12 nitrogen and oxygen atoms in total. The number of carbonyl (C=O) groups is 2. The number of rotatable bonds is 12. The molecule has 2 fully saturated rings. The number of aliphatic hydroxyl groups excluding tert-OH is 4. The van der Waals surface area contributed by atoms with Crippen molar-refractivity contribution < 1.29 is 59.2 Å². The van der Waals surface area contributed by atoms with E-state index in [-0.39, 0.29) is 12.2 Å². The third kappa shape index (κ3) is 7.04. The maximum absolute atomic E-state index is 12.5. The number of aliphatic carboxylic acids is 1. The Labute approximate surface area is 222 Å². The molecule has 0 aromatic carbocycles. The van der Waals surface area contributed by atoms with Crippen LogP contribution in [-0.4, -0.2) is 98.4 Å². The molecule has 6 N–H and O–H groups in total. The quantitative estimate of drug-likeness (QED) is 0.183. The summed E-state index contributed by atoms with van der Waals surface area (Å²) in [6.45, 7) is 5.04. The lowest BCUT2D eigenvalue weighted by molar-refractivity contribution is -0.346. The third-order valence-corrected chi connectivity index (χ3v) is 8.07. The molecule has 1 aliphatic carbocycles. The molecule has 0 spiro atoms. The molecule has 0 radical (unpaired) electrons. The van der Waals surface area contributed by atoms with Gasteiger partial charge < -0.3 is 49.6 Å². The smallest absolute Gasteiger partial charge is 0.334 e. The van der Waals surface area contributed by atoms with Gasteiger partial charge in [0.15, 0.2) is 6.29 Å². The maximum Gasteiger partial charge on any atom is 0.334 e. The number of esters is 1. The van der Waals surface area contributed by atoms with Crippen LogP contribution >= 0.6 is 0 Å². The van der Waals surface area contributed by atoms with E-state index in [1.54, 1.807) is 13.8 Å². The van der Waals surface area contributed by atoms with Crippen molar-refractivity contribution in [2.45, 2.75) is 102 Å². The minimum Gasteiger partial charge on any atom is -0.478 e. The zero-order valence-corrected chi connectivity index (χ0v) is 22.1. The lowest BCUT2D eigenvalue weighted by Gasteiger charge is -2.44. The van der Waals surface area contributed by atoms with E-state index in [1.165, 1.54) is 0 Å². The first kappa shape index (κ1) is 30.7. The van der Waals surface area contributed by atoms with Gasteiger partial charge in [-0.1, -0.05) is 26.7 Å². The molecule has 1 saturated heterocycles. The average molecular weight is 547 g/mol. The molecule has 0 bridgehead atoms. The summed E-state index contributed by atoms with van der Waals surface area (Å²) in [5, 5.41) is 60.7. The normalized spacial score (nSPS) is 38.5.